The van der Waals surface area contributed by atoms with Crippen LogP contribution in [0, 0.1) is 17.8 Å². The van der Waals surface area contributed by atoms with E-state index in [0.717, 1.165) is 31.2 Å². The number of unbranched alkanes of at least 4 members (excludes halogenated alkanes) is 1. The molecule has 3 heterocycles. The first kappa shape index (κ1) is 27.0. The van der Waals surface area contributed by atoms with Crippen LogP contribution < -0.4 is 10.6 Å². The number of fused-ring (bicyclic) bond motifs is 1. The van der Waals surface area contributed by atoms with Gasteiger partial charge in [0.1, 0.15) is 6.04 Å². The lowest BCUT2D eigenvalue weighted by atomic mass is 9.66. The van der Waals surface area contributed by atoms with E-state index >= 15 is 0 Å². The molecule has 2 bridgehead atoms. The van der Waals surface area contributed by atoms with Crippen molar-refractivity contribution in [2.24, 2.45) is 17.8 Å². The number of amides is 3. The maximum absolute atomic E-state index is 14.2. The van der Waals surface area contributed by atoms with Crippen LogP contribution in [0.15, 0.2) is 30.3 Å². The summed E-state index contributed by atoms with van der Waals surface area (Å²) in [6, 6.07) is 8.63. The van der Waals surface area contributed by atoms with E-state index < -0.39 is 33.4 Å². The van der Waals surface area contributed by atoms with Crippen LogP contribution in [0.1, 0.15) is 65.4 Å². The minimum atomic E-state index is -0.679. The van der Waals surface area contributed by atoms with Crippen molar-refractivity contribution < 1.29 is 19.5 Å². The molecule has 3 fully saturated rings. The Bertz CT molecular complexity index is 973. The van der Waals surface area contributed by atoms with Crippen molar-refractivity contribution >= 4 is 29.5 Å². The molecular weight excluding hydrogens is 474 g/mol. The van der Waals surface area contributed by atoms with Gasteiger partial charge in [0.05, 0.1) is 29.2 Å². The first-order chi connectivity index (χ1) is 17.2. The zero-order valence-corrected chi connectivity index (χ0v) is 22.8. The fourth-order valence-electron chi connectivity index (χ4n) is 6.66. The van der Waals surface area contributed by atoms with Gasteiger partial charge in [0.2, 0.25) is 17.7 Å². The Morgan fingerprint density at radius 3 is 2.53 bits per heavy atom. The second-order valence-corrected chi connectivity index (χ2v) is 13.2. The average molecular weight is 516 g/mol. The molecule has 3 aliphatic rings. The third-order valence-corrected chi connectivity index (χ3v) is 10.2. The highest BCUT2D eigenvalue weighted by molar-refractivity contribution is 8.02. The number of thioether (sulfide) groups is 1. The van der Waals surface area contributed by atoms with Gasteiger partial charge < -0.3 is 20.6 Å². The number of nitrogens with zero attached hydrogens (tertiary/aromatic N) is 1. The lowest BCUT2D eigenvalue weighted by Gasteiger charge is -2.37. The molecule has 3 N–H and O–H groups in total. The van der Waals surface area contributed by atoms with Gasteiger partial charge in [0, 0.05) is 17.8 Å². The number of aliphatic hydroxyl groups excluding tert-OH is 1. The highest BCUT2D eigenvalue weighted by atomic mass is 32.2. The molecule has 4 rings (SSSR count). The first-order valence-electron chi connectivity index (χ1n) is 13.4. The number of carbonyl (C=O) groups excluding carboxylic acids is 3. The largest absolute Gasteiger partial charge is 0.394 e. The Kier molecular flexibility index (Phi) is 8.05. The third-order valence-electron chi connectivity index (χ3n) is 8.23. The second-order valence-electron chi connectivity index (χ2n) is 11.3. The highest BCUT2D eigenvalue weighted by Crippen LogP contribution is 2.71. The molecule has 7 nitrogen and oxygen atoms in total. The quantitative estimate of drug-likeness (QED) is 0.394. The van der Waals surface area contributed by atoms with Gasteiger partial charge in [-0.1, -0.05) is 57.5 Å². The molecule has 3 saturated heterocycles. The fourth-order valence-corrected chi connectivity index (χ4v) is 9.00. The summed E-state index contributed by atoms with van der Waals surface area (Å²) in [5.41, 5.74) is 1.01. The predicted octanol–water partition coefficient (Wildman–Crippen LogP) is 3.11. The zero-order valence-electron chi connectivity index (χ0n) is 22.0. The van der Waals surface area contributed by atoms with Gasteiger partial charge in [-0.25, -0.2) is 0 Å². The lowest BCUT2D eigenvalue weighted by Crippen LogP contribution is -2.56. The Balaban J connectivity index is 1.67. The van der Waals surface area contributed by atoms with Crippen molar-refractivity contribution in [3.8, 4) is 0 Å². The van der Waals surface area contributed by atoms with Crippen molar-refractivity contribution in [3.05, 3.63) is 35.9 Å². The molecule has 3 amide bonds. The van der Waals surface area contributed by atoms with Gasteiger partial charge in [-0.3, -0.25) is 14.4 Å². The molecule has 0 radical (unpaired) electrons. The SMILES string of the molecule is CCCCNC(=O)C1N([C@@H](CO)CC(C)C)C(=O)[C@@H]2[C@@H](C(=O)NCc3ccccc3)[C@@]3(C)CCC12S3. The smallest absolute Gasteiger partial charge is 0.244 e. The second kappa shape index (κ2) is 10.7. The van der Waals surface area contributed by atoms with E-state index in [1.54, 1.807) is 16.7 Å². The molecule has 2 unspecified atom stereocenters. The van der Waals surface area contributed by atoms with Gasteiger partial charge in [0.25, 0.3) is 0 Å². The lowest BCUT2D eigenvalue weighted by molar-refractivity contribution is -0.143. The van der Waals surface area contributed by atoms with E-state index in [4.69, 9.17) is 0 Å². The summed E-state index contributed by atoms with van der Waals surface area (Å²) in [6.45, 7) is 9.04. The Morgan fingerprint density at radius 1 is 1.17 bits per heavy atom. The van der Waals surface area contributed by atoms with E-state index in [9.17, 15) is 19.5 Å². The highest BCUT2D eigenvalue weighted by Gasteiger charge is 2.77. The van der Waals surface area contributed by atoms with E-state index in [1.165, 1.54) is 0 Å². The van der Waals surface area contributed by atoms with Gasteiger partial charge >= 0.3 is 0 Å². The molecular formula is C28H41N3O4S. The number of nitrogens with one attached hydrogen (secondary N) is 2. The Labute approximate surface area is 219 Å². The van der Waals surface area contributed by atoms with Crippen molar-refractivity contribution in [1.82, 2.24) is 15.5 Å². The van der Waals surface area contributed by atoms with Gasteiger partial charge in [-0.05, 0) is 44.1 Å². The predicted molar refractivity (Wildman–Crippen MR) is 142 cm³/mol. The van der Waals surface area contributed by atoms with Crippen molar-refractivity contribution in [3.63, 3.8) is 0 Å². The molecule has 3 aliphatic heterocycles. The monoisotopic (exact) mass is 515 g/mol. The number of hydrogen-bond donors (Lipinski definition) is 3. The minimum absolute atomic E-state index is 0.120. The molecule has 0 saturated carbocycles. The van der Waals surface area contributed by atoms with Crippen LogP contribution in [0.5, 0.6) is 0 Å². The first-order valence-corrected chi connectivity index (χ1v) is 14.2. The molecule has 1 aromatic carbocycles. The summed E-state index contributed by atoms with van der Waals surface area (Å²) >= 11 is 1.67. The summed E-state index contributed by atoms with van der Waals surface area (Å²) in [4.78, 5) is 43.2. The standard InChI is InChI=1S/C28H41N3O4S/c1-5-6-14-29-25(34)23-28-13-12-27(4,36-28)21(24(33)30-16-19-10-8-7-9-11-19)22(28)26(35)31(23)20(17-32)15-18(2)3/h7-11,18,20-23,32H,5-6,12-17H2,1-4H3,(H,29,34)(H,30,33)/t20-,21+,22+,23?,27-,28?/m1/s1. The summed E-state index contributed by atoms with van der Waals surface area (Å²) in [5.74, 6) is -1.25. The number of aliphatic hydroxyl groups is 1. The van der Waals surface area contributed by atoms with Crippen LogP contribution in [-0.4, -0.2) is 62.5 Å². The van der Waals surface area contributed by atoms with Crippen molar-refractivity contribution in [2.45, 2.75) is 87.9 Å². The van der Waals surface area contributed by atoms with Crippen molar-refractivity contribution in [1.29, 1.82) is 0 Å². The maximum atomic E-state index is 14.2. The minimum Gasteiger partial charge on any atom is -0.394 e. The van der Waals surface area contributed by atoms with E-state index in [2.05, 4.69) is 38.3 Å². The fraction of sp³-hybridized carbons (Fsp3) is 0.679. The molecule has 36 heavy (non-hydrogen) atoms. The Morgan fingerprint density at radius 2 is 1.89 bits per heavy atom. The molecule has 0 aromatic heterocycles. The number of likely N-dealkylation sites (tertiary alicyclic amines) is 1. The van der Waals surface area contributed by atoms with Gasteiger partial charge in [-0.2, -0.15) is 0 Å². The van der Waals surface area contributed by atoms with Crippen LogP contribution in [0.4, 0.5) is 0 Å². The van der Waals surface area contributed by atoms with Crippen LogP contribution >= 0.6 is 11.8 Å². The van der Waals surface area contributed by atoms with Gasteiger partial charge in [-0.15, -0.1) is 11.8 Å². The molecule has 0 aliphatic carbocycles. The summed E-state index contributed by atoms with van der Waals surface area (Å²) in [5, 5.41) is 16.5. The number of carbonyl (C=O) groups is 3. The zero-order chi connectivity index (χ0) is 26.1. The van der Waals surface area contributed by atoms with E-state index in [0.29, 0.717) is 19.5 Å². The molecule has 6 atom stereocenters. The van der Waals surface area contributed by atoms with Crippen LogP contribution in [0.25, 0.3) is 0 Å². The summed E-state index contributed by atoms with van der Waals surface area (Å²) < 4.78 is -1.05. The molecule has 1 spiro atoms. The number of benzene rings is 1. The van der Waals surface area contributed by atoms with Crippen LogP contribution in [0.3, 0.4) is 0 Å². The summed E-state index contributed by atoms with van der Waals surface area (Å²) in [7, 11) is 0. The number of rotatable bonds is 11. The van der Waals surface area contributed by atoms with E-state index in [-0.39, 0.29) is 30.2 Å². The van der Waals surface area contributed by atoms with Crippen LogP contribution in [-0.2, 0) is 20.9 Å². The van der Waals surface area contributed by atoms with E-state index in [1.807, 2.05) is 30.3 Å². The molecule has 1 aromatic rings. The molecule has 8 heteroatoms. The molecule has 198 valence electrons. The summed E-state index contributed by atoms with van der Waals surface area (Å²) in [6.07, 6.45) is 3.94. The topological polar surface area (TPSA) is 98.7 Å². The maximum Gasteiger partial charge on any atom is 0.244 e. The normalized spacial score (nSPS) is 31.6. The van der Waals surface area contributed by atoms with Crippen molar-refractivity contribution in [2.75, 3.05) is 13.2 Å². The Hall–Kier alpha value is -2.06. The van der Waals surface area contributed by atoms with Crippen LogP contribution in [0.2, 0.25) is 0 Å². The number of hydrogen-bond acceptors (Lipinski definition) is 5. The third kappa shape index (κ3) is 4.67. The average Bonchev–Trinajstić information content (AvgIpc) is 3.42. The van der Waals surface area contributed by atoms with Gasteiger partial charge in [0.15, 0.2) is 0 Å².